The van der Waals surface area contributed by atoms with Gasteiger partial charge in [0.15, 0.2) is 0 Å². The van der Waals surface area contributed by atoms with E-state index in [-0.39, 0.29) is 11.3 Å². The maximum atomic E-state index is 12.3. The van der Waals surface area contributed by atoms with Crippen LogP contribution in [0, 0.1) is 10.1 Å². The van der Waals surface area contributed by atoms with Crippen molar-refractivity contribution in [3.05, 3.63) is 33.9 Å². The number of hydrogen-bond donors (Lipinski definition) is 0. The van der Waals surface area contributed by atoms with Gasteiger partial charge in [0.1, 0.15) is 11.2 Å². The minimum absolute atomic E-state index is 0.00585. The van der Waals surface area contributed by atoms with Gasteiger partial charge in [-0.15, -0.1) is 0 Å². The lowest BCUT2D eigenvalue weighted by atomic mass is 10.1. The molecule has 25 heavy (non-hydrogen) atoms. The molecular formula is C18H27N3O4. The maximum absolute atomic E-state index is 12.3. The molecule has 0 saturated carbocycles. The molecule has 1 aliphatic heterocycles. The van der Waals surface area contributed by atoms with Gasteiger partial charge in [-0.05, 0) is 52.4 Å². The van der Waals surface area contributed by atoms with Crippen molar-refractivity contribution in [3.8, 4) is 0 Å². The Morgan fingerprint density at radius 3 is 2.56 bits per heavy atom. The van der Waals surface area contributed by atoms with E-state index in [1.807, 2.05) is 0 Å². The van der Waals surface area contributed by atoms with Crippen LogP contribution in [0.2, 0.25) is 0 Å². The highest BCUT2D eigenvalue weighted by molar-refractivity contribution is 5.95. The summed E-state index contributed by atoms with van der Waals surface area (Å²) in [4.78, 5) is 27.7. The quantitative estimate of drug-likeness (QED) is 0.472. The molecule has 0 unspecified atom stereocenters. The van der Waals surface area contributed by atoms with Gasteiger partial charge < -0.3 is 14.5 Å². The molecule has 0 aliphatic carbocycles. The van der Waals surface area contributed by atoms with Gasteiger partial charge in [0.25, 0.3) is 5.69 Å². The molecule has 0 atom stereocenters. The summed E-state index contributed by atoms with van der Waals surface area (Å²) in [5, 5.41) is 11.5. The van der Waals surface area contributed by atoms with Crippen LogP contribution in [0.4, 0.5) is 11.4 Å². The molecule has 1 aliphatic rings. The Hall–Kier alpha value is -2.15. The Morgan fingerprint density at radius 1 is 1.24 bits per heavy atom. The molecule has 0 radical (unpaired) electrons. The summed E-state index contributed by atoms with van der Waals surface area (Å²) in [5.41, 5.74) is -0.133. The van der Waals surface area contributed by atoms with Crippen LogP contribution in [0.1, 0.15) is 44.5 Å². The van der Waals surface area contributed by atoms with Crippen molar-refractivity contribution in [1.29, 1.82) is 0 Å². The monoisotopic (exact) mass is 349 g/mol. The van der Waals surface area contributed by atoms with E-state index in [9.17, 15) is 14.9 Å². The molecule has 2 rings (SSSR count). The molecule has 138 valence electrons. The molecule has 0 N–H and O–H groups in total. The number of nitrogens with zero attached hydrogens (tertiary/aromatic N) is 3. The van der Waals surface area contributed by atoms with E-state index in [1.54, 1.807) is 26.8 Å². The van der Waals surface area contributed by atoms with Crippen LogP contribution in [0.3, 0.4) is 0 Å². The van der Waals surface area contributed by atoms with Crippen LogP contribution >= 0.6 is 0 Å². The number of esters is 1. The third-order valence-corrected chi connectivity index (χ3v) is 4.20. The molecule has 7 nitrogen and oxygen atoms in total. The third kappa shape index (κ3) is 5.16. The van der Waals surface area contributed by atoms with E-state index in [0.717, 1.165) is 44.8 Å². The lowest BCUT2D eigenvalue weighted by Gasteiger charge is -2.24. The van der Waals surface area contributed by atoms with Crippen molar-refractivity contribution in [2.75, 3.05) is 37.6 Å². The van der Waals surface area contributed by atoms with Crippen molar-refractivity contribution < 1.29 is 14.5 Å². The van der Waals surface area contributed by atoms with Gasteiger partial charge in [-0.2, -0.15) is 0 Å². The number of nitro benzene ring substituents is 1. The molecule has 0 bridgehead atoms. The number of benzene rings is 1. The highest BCUT2D eigenvalue weighted by atomic mass is 16.6. The van der Waals surface area contributed by atoms with Gasteiger partial charge in [-0.1, -0.05) is 6.92 Å². The number of carbonyl (C=O) groups is 1. The Labute approximate surface area is 148 Å². The average Bonchev–Trinajstić information content (AvgIpc) is 2.78. The molecule has 7 heteroatoms. The minimum atomic E-state index is -0.696. The zero-order valence-corrected chi connectivity index (χ0v) is 15.4. The Bertz CT molecular complexity index is 640. The molecule has 1 saturated heterocycles. The Balaban J connectivity index is 2.26. The largest absolute Gasteiger partial charge is 0.456 e. The van der Waals surface area contributed by atoms with E-state index in [4.69, 9.17) is 4.74 Å². The van der Waals surface area contributed by atoms with Crippen molar-refractivity contribution in [2.45, 2.75) is 39.7 Å². The van der Waals surface area contributed by atoms with E-state index < -0.39 is 16.5 Å². The summed E-state index contributed by atoms with van der Waals surface area (Å²) >= 11 is 0. The van der Waals surface area contributed by atoms with Gasteiger partial charge in [-0.25, -0.2) is 4.79 Å². The zero-order valence-electron chi connectivity index (χ0n) is 15.4. The fourth-order valence-corrected chi connectivity index (χ4v) is 2.92. The van der Waals surface area contributed by atoms with Crippen LogP contribution in [0.5, 0.6) is 0 Å². The number of likely N-dealkylation sites (N-methyl/N-ethyl adjacent to an activating group) is 1. The molecule has 1 fully saturated rings. The SMILES string of the molecule is CCN1CCCN(c2ccc(C(=O)OC(C)(C)C)c([N+](=O)[O-])c2)CC1. The fourth-order valence-electron chi connectivity index (χ4n) is 2.92. The first-order chi connectivity index (χ1) is 11.7. The van der Waals surface area contributed by atoms with Crippen molar-refractivity contribution >= 4 is 17.3 Å². The van der Waals surface area contributed by atoms with Crippen LogP contribution in [0.25, 0.3) is 0 Å². The summed E-state index contributed by atoms with van der Waals surface area (Å²) < 4.78 is 5.28. The van der Waals surface area contributed by atoms with Crippen LogP contribution in [-0.4, -0.2) is 54.1 Å². The second-order valence-electron chi connectivity index (χ2n) is 7.24. The lowest BCUT2D eigenvalue weighted by Crippen LogP contribution is -2.30. The number of carbonyl (C=O) groups excluding carboxylic acids is 1. The van der Waals surface area contributed by atoms with Crippen molar-refractivity contribution in [3.63, 3.8) is 0 Å². The normalized spacial score (nSPS) is 16.4. The maximum Gasteiger partial charge on any atom is 0.345 e. The molecule has 0 spiro atoms. The molecule has 0 aromatic heterocycles. The topological polar surface area (TPSA) is 75.9 Å². The lowest BCUT2D eigenvalue weighted by molar-refractivity contribution is -0.385. The summed E-state index contributed by atoms with van der Waals surface area (Å²) in [6, 6.07) is 4.76. The fraction of sp³-hybridized carbons (Fsp3) is 0.611. The first kappa shape index (κ1) is 19.2. The smallest absolute Gasteiger partial charge is 0.345 e. The molecular weight excluding hydrogens is 322 g/mol. The Kier molecular flexibility index (Phi) is 6.00. The van der Waals surface area contributed by atoms with Crippen LogP contribution in [-0.2, 0) is 4.74 Å². The van der Waals surface area contributed by atoms with E-state index in [0.29, 0.717) is 0 Å². The standard InChI is InChI=1S/C18H27N3O4/c1-5-19-9-6-10-20(12-11-19)14-7-8-15(16(13-14)21(23)24)17(22)25-18(2,3)4/h7-8,13H,5-6,9-12H2,1-4H3. The zero-order chi connectivity index (χ0) is 18.6. The van der Waals surface area contributed by atoms with Gasteiger partial charge in [0, 0.05) is 31.4 Å². The number of anilines is 1. The molecule has 1 aromatic rings. The number of rotatable bonds is 4. The first-order valence-corrected chi connectivity index (χ1v) is 8.70. The highest BCUT2D eigenvalue weighted by Crippen LogP contribution is 2.28. The summed E-state index contributed by atoms with van der Waals surface area (Å²) in [7, 11) is 0. The van der Waals surface area contributed by atoms with Crippen molar-refractivity contribution in [2.24, 2.45) is 0 Å². The van der Waals surface area contributed by atoms with Crippen molar-refractivity contribution in [1.82, 2.24) is 4.90 Å². The van der Waals surface area contributed by atoms with Crippen LogP contribution in [0.15, 0.2) is 18.2 Å². The van der Waals surface area contributed by atoms with Gasteiger partial charge in [-0.3, -0.25) is 10.1 Å². The second-order valence-corrected chi connectivity index (χ2v) is 7.24. The van der Waals surface area contributed by atoms with Gasteiger partial charge in [0.2, 0.25) is 0 Å². The Morgan fingerprint density at radius 2 is 1.96 bits per heavy atom. The second kappa shape index (κ2) is 7.82. The van der Waals surface area contributed by atoms with Gasteiger partial charge >= 0.3 is 5.97 Å². The third-order valence-electron chi connectivity index (χ3n) is 4.20. The number of ether oxygens (including phenoxy) is 1. The van der Waals surface area contributed by atoms with E-state index in [2.05, 4.69) is 16.7 Å². The molecule has 1 aromatic carbocycles. The number of nitro groups is 1. The summed E-state index contributed by atoms with van der Waals surface area (Å²) in [5.74, 6) is -0.668. The number of hydrogen-bond acceptors (Lipinski definition) is 6. The molecule has 0 amide bonds. The molecule has 1 heterocycles. The summed E-state index contributed by atoms with van der Waals surface area (Å²) in [6.45, 7) is 12.0. The van der Waals surface area contributed by atoms with Gasteiger partial charge in [0.05, 0.1) is 4.92 Å². The summed E-state index contributed by atoms with van der Waals surface area (Å²) in [6.07, 6.45) is 1.01. The van der Waals surface area contributed by atoms with E-state index in [1.165, 1.54) is 12.1 Å². The minimum Gasteiger partial charge on any atom is -0.456 e. The average molecular weight is 349 g/mol. The van der Waals surface area contributed by atoms with Crippen LogP contribution < -0.4 is 4.90 Å². The predicted octanol–water partition coefficient (Wildman–Crippen LogP) is 3.08. The highest BCUT2D eigenvalue weighted by Gasteiger charge is 2.27. The first-order valence-electron chi connectivity index (χ1n) is 8.70. The van der Waals surface area contributed by atoms with E-state index >= 15 is 0 Å². The predicted molar refractivity (Wildman–Crippen MR) is 97.2 cm³/mol.